The normalized spacial score (nSPS) is 10.5. The summed E-state index contributed by atoms with van der Waals surface area (Å²) in [6, 6.07) is 13.4. The van der Waals surface area contributed by atoms with Gasteiger partial charge in [0.25, 0.3) is 0 Å². The van der Waals surface area contributed by atoms with Crippen molar-refractivity contribution in [3.8, 4) is 5.75 Å². The molecule has 138 valence electrons. The minimum Gasteiger partial charge on any atom is -0.496 e. The van der Waals surface area contributed by atoms with Crippen LogP contribution in [0.1, 0.15) is 42.9 Å². The van der Waals surface area contributed by atoms with Crippen LogP contribution in [0.15, 0.2) is 42.5 Å². The van der Waals surface area contributed by atoms with Crippen molar-refractivity contribution in [2.24, 2.45) is 0 Å². The number of methoxy groups -OCH3 is 1. The summed E-state index contributed by atoms with van der Waals surface area (Å²) in [6.07, 6.45) is -0.221. The van der Waals surface area contributed by atoms with Crippen LogP contribution in [0.4, 0.5) is 5.69 Å². The summed E-state index contributed by atoms with van der Waals surface area (Å²) >= 11 is 0. The van der Waals surface area contributed by atoms with Crippen LogP contribution in [0, 0.1) is 6.92 Å². The summed E-state index contributed by atoms with van der Waals surface area (Å²) in [7, 11) is 1.59. The van der Waals surface area contributed by atoms with Crippen LogP contribution >= 0.6 is 0 Å². The highest BCUT2D eigenvalue weighted by atomic mass is 16.5. The van der Waals surface area contributed by atoms with Gasteiger partial charge in [-0.05, 0) is 30.0 Å². The number of ether oxygens (including phenoxy) is 1. The molecular weight excluding hydrogens is 328 g/mol. The maximum Gasteiger partial charge on any atom is 0.233 e. The Hall–Kier alpha value is -2.82. The molecule has 2 aromatic rings. The van der Waals surface area contributed by atoms with Crippen molar-refractivity contribution in [3.63, 3.8) is 0 Å². The Labute approximate surface area is 154 Å². The Bertz CT molecular complexity index is 785. The molecule has 0 fully saturated rings. The van der Waals surface area contributed by atoms with Gasteiger partial charge in [0.1, 0.15) is 12.2 Å². The maximum atomic E-state index is 12.3. The number of para-hydroxylation sites is 2. The molecule has 2 rings (SSSR count). The quantitative estimate of drug-likeness (QED) is 0.744. The number of hydrogen-bond donors (Lipinski definition) is 2. The lowest BCUT2D eigenvalue weighted by Gasteiger charge is -2.16. The third kappa shape index (κ3) is 5.09. The number of amides is 2. The lowest BCUT2D eigenvalue weighted by molar-refractivity contribution is -0.126. The standard InChI is InChI=1S/C21H26N2O3/c1-14(2)17-10-7-8-15(3)21(17)23-20(25)12-19(24)22-13-16-9-5-6-11-18(16)26-4/h5-11,14H,12-13H2,1-4H3,(H,22,24)(H,23,25). The zero-order chi connectivity index (χ0) is 19.1. The van der Waals surface area contributed by atoms with Gasteiger partial charge in [0.05, 0.1) is 7.11 Å². The SMILES string of the molecule is COc1ccccc1CNC(=O)CC(=O)Nc1c(C)cccc1C(C)C. The first kappa shape index (κ1) is 19.5. The second-order valence-corrected chi connectivity index (χ2v) is 6.51. The molecule has 2 aromatic carbocycles. The summed E-state index contributed by atoms with van der Waals surface area (Å²) in [5.74, 6) is 0.343. The second kappa shape index (κ2) is 9.04. The van der Waals surface area contributed by atoms with Crippen molar-refractivity contribution < 1.29 is 14.3 Å². The summed E-state index contributed by atoms with van der Waals surface area (Å²) < 4.78 is 5.26. The molecule has 0 saturated carbocycles. The van der Waals surface area contributed by atoms with Crippen molar-refractivity contribution in [3.05, 3.63) is 59.2 Å². The van der Waals surface area contributed by atoms with Crippen LogP contribution in [0.5, 0.6) is 5.75 Å². The smallest absolute Gasteiger partial charge is 0.233 e. The zero-order valence-electron chi connectivity index (χ0n) is 15.8. The van der Waals surface area contributed by atoms with E-state index in [0.29, 0.717) is 12.3 Å². The fraction of sp³-hybridized carbons (Fsp3) is 0.333. The largest absolute Gasteiger partial charge is 0.496 e. The number of benzene rings is 2. The maximum absolute atomic E-state index is 12.3. The number of rotatable bonds is 7. The fourth-order valence-corrected chi connectivity index (χ4v) is 2.78. The average molecular weight is 354 g/mol. The molecular formula is C21H26N2O3. The highest BCUT2D eigenvalue weighted by Gasteiger charge is 2.15. The summed E-state index contributed by atoms with van der Waals surface area (Å²) in [5.41, 5.74) is 3.71. The molecule has 0 bridgehead atoms. The molecule has 26 heavy (non-hydrogen) atoms. The van der Waals surface area contributed by atoms with Crippen LogP contribution in [-0.4, -0.2) is 18.9 Å². The Kier molecular flexibility index (Phi) is 6.78. The molecule has 2 amide bonds. The van der Waals surface area contributed by atoms with Gasteiger partial charge < -0.3 is 15.4 Å². The molecule has 0 saturated heterocycles. The van der Waals surface area contributed by atoms with Crippen LogP contribution in [-0.2, 0) is 16.1 Å². The van der Waals surface area contributed by atoms with Gasteiger partial charge in [-0.1, -0.05) is 50.2 Å². The first-order chi connectivity index (χ1) is 12.4. The van der Waals surface area contributed by atoms with Crippen LogP contribution < -0.4 is 15.4 Å². The Morgan fingerprint density at radius 2 is 1.77 bits per heavy atom. The summed E-state index contributed by atoms with van der Waals surface area (Å²) in [6.45, 7) is 6.41. The van der Waals surface area contributed by atoms with Crippen molar-refractivity contribution >= 4 is 17.5 Å². The van der Waals surface area contributed by atoms with E-state index in [1.54, 1.807) is 7.11 Å². The molecule has 0 atom stereocenters. The summed E-state index contributed by atoms with van der Waals surface area (Å²) in [4.78, 5) is 24.4. The predicted molar refractivity (Wildman–Crippen MR) is 103 cm³/mol. The van der Waals surface area contributed by atoms with Crippen LogP contribution in [0.3, 0.4) is 0 Å². The Morgan fingerprint density at radius 1 is 1.04 bits per heavy atom. The third-order valence-electron chi connectivity index (χ3n) is 4.18. The van der Waals surface area contributed by atoms with Crippen molar-refractivity contribution in [2.75, 3.05) is 12.4 Å². The number of hydrogen-bond acceptors (Lipinski definition) is 3. The Balaban J connectivity index is 1.95. The average Bonchev–Trinajstić information content (AvgIpc) is 2.61. The highest BCUT2D eigenvalue weighted by Crippen LogP contribution is 2.27. The minimum absolute atomic E-state index is 0.221. The number of carbonyl (C=O) groups is 2. The van der Waals surface area contributed by atoms with Crippen molar-refractivity contribution in [2.45, 2.75) is 39.7 Å². The van der Waals surface area contributed by atoms with Gasteiger partial charge in [0.15, 0.2) is 0 Å². The van der Waals surface area contributed by atoms with Gasteiger partial charge in [-0.2, -0.15) is 0 Å². The molecule has 0 heterocycles. The topological polar surface area (TPSA) is 67.4 Å². The first-order valence-corrected chi connectivity index (χ1v) is 8.70. The predicted octanol–water partition coefficient (Wildman–Crippen LogP) is 3.77. The summed E-state index contributed by atoms with van der Waals surface area (Å²) in [5, 5.41) is 5.65. The van der Waals surface area contributed by atoms with Gasteiger partial charge in [0.2, 0.25) is 11.8 Å². The van der Waals surface area contributed by atoms with Gasteiger partial charge in [0, 0.05) is 17.8 Å². The second-order valence-electron chi connectivity index (χ2n) is 6.51. The fourth-order valence-electron chi connectivity index (χ4n) is 2.78. The molecule has 0 aromatic heterocycles. The number of aryl methyl sites for hydroxylation is 1. The molecule has 0 unspecified atom stereocenters. The van der Waals surface area contributed by atoms with E-state index >= 15 is 0 Å². The molecule has 0 aliphatic heterocycles. The van der Waals surface area contributed by atoms with Crippen LogP contribution in [0.2, 0.25) is 0 Å². The van der Waals surface area contributed by atoms with Gasteiger partial charge >= 0.3 is 0 Å². The third-order valence-corrected chi connectivity index (χ3v) is 4.18. The van der Waals surface area contributed by atoms with Crippen molar-refractivity contribution in [1.29, 1.82) is 0 Å². The van der Waals surface area contributed by atoms with Gasteiger partial charge in [-0.3, -0.25) is 9.59 Å². The molecule has 0 radical (unpaired) electrons. The van der Waals surface area contributed by atoms with E-state index in [1.807, 2.05) is 49.4 Å². The lowest BCUT2D eigenvalue weighted by atomic mass is 9.98. The van der Waals surface area contributed by atoms with Crippen LogP contribution in [0.25, 0.3) is 0 Å². The molecule has 2 N–H and O–H groups in total. The van der Waals surface area contributed by atoms with E-state index in [0.717, 1.165) is 22.4 Å². The first-order valence-electron chi connectivity index (χ1n) is 8.70. The Morgan fingerprint density at radius 3 is 2.46 bits per heavy atom. The number of carbonyl (C=O) groups excluding carboxylic acids is 2. The molecule has 0 spiro atoms. The van der Waals surface area contributed by atoms with Gasteiger partial charge in [-0.25, -0.2) is 0 Å². The van der Waals surface area contributed by atoms with E-state index in [1.165, 1.54) is 0 Å². The molecule has 5 heteroatoms. The molecule has 0 aliphatic rings. The lowest BCUT2D eigenvalue weighted by Crippen LogP contribution is -2.28. The van der Waals surface area contributed by atoms with E-state index < -0.39 is 0 Å². The molecule has 0 aliphatic carbocycles. The van der Waals surface area contributed by atoms with Crippen molar-refractivity contribution in [1.82, 2.24) is 5.32 Å². The minimum atomic E-state index is -0.326. The van der Waals surface area contributed by atoms with E-state index in [-0.39, 0.29) is 24.2 Å². The molecule has 5 nitrogen and oxygen atoms in total. The zero-order valence-corrected chi connectivity index (χ0v) is 15.8. The van der Waals surface area contributed by atoms with Gasteiger partial charge in [-0.15, -0.1) is 0 Å². The highest BCUT2D eigenvalue weighted by molar-refractivity contribution is 6.04. The number of anilines is 1. The van der Waals surface area contributed by atoms with E-state index in [4.69, 9.17) is 4.74 Å². The van der Waals surface area contributed by atoms with E-state index in [2.05, 4.69) is 24.5 Å². The number of nitrogens with one attached hydrogen (secondary N) is 2. The van der Waals surface area contributed by atoms with E-state index in [9.17, 15) is 9.59 Å². The monoisotopic (exact) mass is 354 g/mol.